The second kappa shape index (κ2) is 6.04. The molecule has 1 unspecified atom stereocenters. The highest BCUT2D eigenvalue weighted by molar-refractivity contribution is 5.20. The Morgan fingerprint density at radius 2 is 1.88 bits per heavy atom. The lowest BCUT2D eigenvalue weighted by atomic mass is 10.0. The maximum atomic E-state index is 5.14. The normalized spacial score (nSPS) is 13.4. The van der Waals surface area contributed by atoms with E-state index in [4.69, 9.17) is 4.52 Å². The molecule has 0 aromatic carbocycles. The van der Waals surface area contributed by atoms with Crippen molar-refractivity contribution in [2.45, 2.75) is 60.0 Å². The molecule has 0 aliphatic carbocycles. The monoisotopic (exact) mass is 224 g/mol. The fraction of sp³-hybridized carbons (Fsp3) is 0.769. The number of hydrogen-bond donors (Lipinski definition) is 1. The van der Waals surface area contributed by atoms with E-state index in [0.717, 1.165) is 23.9 Å². The van der Waals surface area contributed by atoms with Gasteiger partial charge in [0.05, 0.1) is 5.69 Å². The Labute approximate surface area is 98.6 Å². The summed E-state index contributed by atoms with van der Waals surface area (Å²) in [7, 11) is 0. The van der Waals surface area contributed by atoms with Crippen molar-refractivity contribution in [2.24, 2.45) is 5.92 Å². The molecule has 1 rings (SSSR count). The molecule has 1 N–H and O–H groups in total. The van der Waals surface area contributed by atoms with Crippen molar-refractivity contribution in [3.8, 4) is 0 Å². The molecule has 0 saturated carbocycles. The van der Waals surface area contributed by atoms with Crippen LogP contribution in [0.3, 0.4) is 0 Å². The average molecular weight is 224 g/mol. The third kappa shape index (κ3) is 3.97. The van der Waals surface area contributed by atoms with Crippen molar-refractivity contribution in [2.75, 3.05) is 0 Å². The molecule has 16 heavy (non-hydrogen) atoms. The molecule has 3 heteroatoms. The summed E-state index contributed by atoms with van der Waals surface area (Å²) in [6.07, 6.45) is 2.50. The maximum absolute atomic E-state index is 5.14. The van der Waals surface area contributed by atoms with Crippen LogP contribution in [-0.4, -0.2) is 11.2 Å². The predicted molar refractivity (Wildman–Crippen MR) is 66.4 cm³/mol. The Kier molecular flexibility index (Phi) is 5.00. The highest BCUT2D eigenvalue weighted by Gasteiger charge is 2.10. The van der Waals surface area contributed by atoms with Gasteiger partial charge in [-0.05, 0) is 39.5 Å². The minimum Gasteiger partial charge on any atom is -0.361 e. The molecule has 0 radical (unpaired) electrons. The molecule has 0 aliphatic heterocycles. The number of aromatic nitrogens is 1. The van der Waals surface area contributed by atoms with Gasteiger partial charge in [-0.2, -0.15) is 0 Å². The van der Waals surface area contributed by atoms with Crippen LogP contribution in [-0.2, 0) is 6.54 Å². The van der Waals surface area contributed by atoms with Crippen LogP contribution in [0.25, 0.3) is 0 Å². The van der Waals surface area contributed by atoms with Gasteiger partial charge in [-0.3, -0.25) is 0 Å². The largest absolute Gasteiger partial charge is 0.361 e. The number of hydrogen-bond acceptors (Lipinski definition) is 3. The van der Waals surface area contributed by atoms with E-state index in [2.05, 4.69) is 31.2 Å². The Balaban J connectivity index is 2.34. The SMILES string of the molecule is Cc1noc(C)c1CNC(C)CCC(C)C. The zero-order valence-corrected chi connectivity index (χ0v) is 11.1. The molecule has 1 aromatic heterocycles. The van der Waals surface area contributed by atoms with E-state index in [1.54, 1.807) is 0 Å². The summed E-state index contributed by atoms with van der Waals surface area (Å²) in [6, 6.07) is 0.552. The molecular weight excluding hydrogens is 200 g/mol. The lowest BCUT2D eigenvalue weighted by Gasteiger charge is -2.14. The lowest BCUT2D eigenvalue weighted by Crippen LogP contribution is -2.26. The molecule has 1 heterocycles. The van der Waals surface area contributed by atoms with Crippen molar-refractivity contribution in [3.05, 3.63) is 17.0 Å². The summed E-state index contributed by atoms with van der Waals surface area (Å²) in [4.78, 5) is 0. The molecule has 0 fully saturated rings. The first-order valence-electron chi connectivity index (χ1n) is 6.15. The van der Waals surface area contributed by atoms with Gasteiger partial charge >= 0.3 is 0 Å². The minimum atomic E-state index is 0.552. The second-order valence-electron chi connectivity index (χ2n) is 5.06. The van der Waals surface area contributed by atoms with Crippen molar-refractivity contribution in [1.82, 2.24) is 10.5 Å². The maximum Gasteiger partial charge on any atom is 0.138 e. The van der Waals surface area contributed by atoms with Crippen molar-refractivity contribution in [1.29, 1.82) is 0 Å². The summed E-state index contributed by atoms with van der Waals surface area (Å²) in [5.74, 6) is 1.71. The topological polar surface area (TPSA) is 38.1 Å². The number of nitrogens with one attached hydrogen (secondary N) is 1. The first-order chi connectivity index (χ1) is 7.50. The Hall–Kier alpha value is -0.830. The number of aryl methyl sites for hydroxylation is 2. The van der Waals surface area contributed by atoms with E-state index in [1.807, 2.05) is 13.8 Å². The first-order valence-corrected chi connectivity index (χ1v) is 6.15. The van der Waals surface area contributed by atoms with Crippen molar-refractivity contribution >= 4 is 0 Å². The fourth-order valence-electron chi connectivity index (χ4n) is 1.72. The smallest absolute Gasteiger partial charge is 0.138 e. The van der Waals surface area contributed by atoms with Gasteiger partial charge < -0.3 is 9.84 Å². The second-order valence-corrected chi connectivity index (χ2v) is 5.06. The van der Waals surface area contributed by atoms with E-state index >= 15 is 0 Å². The van der Waals surface area contributed by atoms with E-state index in [9.17, 15) is 0 Å². The summed E-state index contributed by atoms with van der Waals surface area (Å²) in [5, 5.41) is 7.48. The molecule has 0 aliphatic rings. The quantitative estimate of drug-likeness (QED) is 0.806. The van der Waals surface area contributed by atoms with Crippen molar-refractivity contribution in [3.63, 3.8) is 0 Å². The molecule has 0 bridgehead atoms. The van der Waals surface area contributed by atoms with Gasteiger partial charge in [0.1, 0.15) is 5.76 Å². The summed E-state index contributed by atoms with van der Waals surface area (Å²) >= 11 is 0. The van der Waals surface area contributed by atoms with Crippen LogP contribution in [0.1, 0.15) is 50.6 Å². The third-order valence-corrected chi connectivity index (χ3v) is 2.99. The van der Waals surface area contributed by atoms with Gasteiger partial charge in [-0.1, -0.05) is 19.0 Å². The number of rotatable bonds is 6. The highest BCUT2D eigenvalue weighted by atomic mass is 16.5. The molecule has 3 nitrogen and oxygen atoms in total. The fourth-order valence-corrected chi connectivity index (χ4v) is 1.72. The number of nitrogens with zero attached hydrogens (tertiary/aromatic N) is 1. The summed E-state index contributed by atoms with van der Waals surface area (Å²) in [5.41, 5.74) is 2.21. The van der Waals surface area contributed by atoms with E-state index in [0.29, 0.717) is 6.04 Å². The predicted octanol–water partition coefficient (Wildman–Crippen LogP) is 3.21. The van der Waals surface area contributed by atoms with Gasteiger partial charge in [-0.15, -0.1) is 0 Å². The van der Waals surface area contributed by atoms with E-state index in [-0.39, 0.29) is 0 Å². The molecule has 0 amide bonds. The zero-order chi connectivity index (χ0) is 12.1. The Morgan fingerprint density at radius 1 is 1.19 bits per heavy atom. The molecule has 0 saturated heterocycles. The first kappa shape index (κ1) is 13.2. The molecule has 1 atom stereocenters. The molecule has 92 valence electrons. The molecular formula is C13H24N2O. The van der Waals surface area contributed by atoms with Gasteiger partial charge in [0.2, 0.25) is 0 Å². The van der Waals surface area contributed by atoms with Crippen LogP contribution in [0.4, 0.5) is 0 Å². The van der Waals surface area contributed by atoms with Crippen LogP contribution >= 0.6 is 0 Å². The highest BCUT2D eigenvalue weighted by Crippen LogP contribution is 2.13. The Morgan fingerprint density at radius 3 is 2.38 bits per heavy atom. The zero-order valence-electron chi connectivity index (χ0n) is 11.1. The van der Waals surface area contributed by atoms with Crippen LogP contribution in [0.15, 0.2) is 4.52 Å². The van der Waals surface area contributed by atoms with Gasteiger partial charge in [0.25, 0.3) is 0 Å². The van der Waals surface area contributed by atoms with Crippen LogP contribution in [0.2, 0.25) is 0 Å². The third-order valence-electron chi connectivity index (χ3n) is 2.99. The van der Waals surface area contributed by atoms with Crippen LogP contribution in [0, 0.1) is 19.8 Å². The summed E-state index contributed by atoms with van der Waals surface area (Å²) < 4.78 is 5.14. The Bertz CT molecular complexity index is 298. The van der Waals surface area contributed by atoms with Crippen molar-refractivity contribution < 1.29 is 4.52 Å². The standard InChI is InChI=1S/C13H24N2O/c1-9(2)6-7-10(3)14-8-13-11(4)15-16-12(13)5/h9-10,14H,6-8H2,1-5H3. The average Bonchev–Trinajstić information content (AvgIpc) is 2.53. The summed E-state index contributed by atoms with van der Waals surface area (Å²) in [6.45, 7) is 11.6. The van der Waals surface area contributed by atoms with E-state index < -0.39 is 0 Å². The van der Waals surface area contributed by atoms with Crippen LogP contribution < -0.4 is 5.32 Å². The van der Waals surface area contributed by atoms with Gasteiger partial charge in [0.15, 0.2) is 0 Å². The lowest BCUT2D eigenvalue weighted by molar-refractivity contribution is 0.391. The van der Waals surface area contributed by atoms with Crippen LogP contribution in [0.5, 0.6) is 0 Å². The van der Waals surface area contributed by atoms with Gasteiger partial charge in [0, 0.05) is 18.2 Å². The minimum absolute atomic E-state index is 0.552. The van der Waals surface area contributed by atoms with Gasteiger partial charge in [-0.25, -0.2) is 0 Å². The molecule has 1 aromatic rings. The molecule has 0 spiro atoms. The van der Waals surface area contributed by atoms with E-state index in [1.165, 1.54) is 18.4 Å².